The van der Waals surface area contributed by atoms with Gasteiger partial charge in [0, 0.05) is 12.0 Å². The molecule has 0 bridgehead atoms. The first-order valence-electron chi connectivity index (χ1n) is 4.55. The van der Waals surface area contributed by atoms with Crippen LogP contribution in [0.1, 0.15) is 18.0 Å². The molecule has 0 amide bonds. The minimum atomic E-state index is -0.0613. The lowest BCUT2D eigenvalue weighted by Gasteiger charge is -2.24. The number of nitrogens with one attached hydrogen (secondary N) is 1. The van der Waals surface area contributed by atoms with Gasteiger partial charge in [0.15, 0.2) is 0 Å². The van der Waals surface area contributed by atoms with Crippen molar-refractivity contribution in [1.29, 1.82) is 0 Å². The number of methoxy groups -OCH3 is 1. The van der Waals surface area contributed by atoms with Crippen LogP contribution in [0.5, 0.6) is 11.5 Å². The molecule has 1 atom stereocenters. The second-order valence-electron chi connectivity index (χ2n) is 3.22. The molecule has 0 aromatic heterocycles. The highest BCUT2D eigenvalue weighted by atomic mass is 16.5. The zero-order chi connectivity index (χ0) is 9.97. The molecule has 2 rings (SSSR count). The van der Waals surface area contributed by atoms with Crippen LogP contribution in [0.4, 0.5) is 0 Å². The first-order valence-corrected chi connectivity index (χ1v) is 4.55. The minimum absolute atomic E-state index is 0.0613. The first kappa shape index (κ1) is 9.30. The number of ether oxygens (including phenoxy) is 2. The molecule has 1 heterocycles. The van der Waals surface area contributed by atoms with Crippen LogP contribution in [0.3, 0.4) is 0 Å². The SMILES string of the molecule is COc1ccc2c(c1)C(NO)CCO2. The van der Waals surface area contributed by atoms with Crippen molar-refractivity contribution >= 4 is 0 Å². The van der Waals surface area contributed by atoms with Crippen LogP contribution in [-0.4, -0.2) is 18.9 Å². The topological polar surface area (TPSA) is 50.7 Å². The van der Waals surface area contributed by atoms with Gasteiger partial charge in [-0.05, 0) is 18.2 Å². The molecule has 0 saturated heterocycles. The molecule has 0 radical (unpaired) electrons. The Balaban J connectivity index is 2.38. The number of rotatable bonds is 2. The van der Waals surface area contributed by atoms with Gasteiger partial charge in [0.1, 0.15) is 11.5 Å². The molecule has 1 aliphatic heterocycles. The third-order valence-corrected chi connectivity index (χ3v) is 2.41. The van der Waals surface area contributed by atoms with E-state index in [1.165, 1.54) is 0 Å². The highest BCUT2D eigenvalue weighted by Gasteiger charge is 2.21. The Morgan fingerprint density at radius 3 is 3.14 bits per heavy atom. The van der Waals surface area contributed by atoms with E-state index in [2.05, 4.69) is 5.48 Å². The molecular formula is C10H13NO3. The van der Waals surface area contributed by atoms with E-state index in [0.717, 1.165) is 23.5 Å². The van der Waals surface area contributed by atoms with E-state index in [-0.39, 0.29) is 6.04 Å². The summed E-state index contributed by atoms with van der Waals surface area (Å²) >= 11 is 0. The maximum absolute atomic E-state index is 8.96. The van der Waals surface area contributed by atoms with E-state index in [4.69, 9.17) is 14.7 Å². The molecule has 0 spiro atoms. The van der Waals surface area contributed by atoms with Crippen LogP contribution < -0.4 is 15.0 Å². The van der Waals surface area contributed by atoms with E-state index in [1.54, 1.807) is 7.11 Å². The third kappa shape index (κ3) is 1.54. The fourth-order valence-electron chi connectivity index (χ4n) is 1.63. The largest absolute Gasteiger partial charge is 0.497 e. The Morgan fingerprint density at radius 1 is 1.57 bits per heavy atom. The summed E-state index contributed by atoms with van der Waals surface area (Å²) < 4.78 is 10.6. The first-order chi connectivity index (χ1) is 6.85. The van der Waals surface area contributed by atoms with E-state index in [0.29, 0.717) is 6.61 Å². The molecule has 0 aliphatic carbocycles. The Bertz CT molecular complexity index is 327. The zero-order valence-corrected chi connectivity index (χ0v) is 7.99. The van der Waals surface area contributed by atoms with Crippen LogP contribution in [0.15, 0.2) is 18.2 Å². The number of fused-ring (bicyclic) bond motifs is 1. The molecule has 1 unspecified atom stereocenters. The van der Waals surface area contributed by atoms with Gasteiger partial charge in [0.25, 0.3) is 0 Å². The Hall–Kier alpha value is -1.26. The lowest BCUT2D eigenvalue weighted by Crippen LogP contribution is -2.24. The van der Waals surface area contributed by atoms with Gasteiger partial charge >= 0.3 is 0 Å². The molecule has 1 aromatic carbocycles. The maximum Gasteiger partial charge on any atom is 0.124 e. The smallest absolute Gasteiger partial charge is 0.124 e. The standard InChI is InChI=1S/C10H13NO3/c1-13-7-2-3-10-8(6-7)9(11-12)4-5-14-10/h2-3,6,9,11-12H,4-5H2,1H3. The molecule has 1 aliphatic rings. The molecule has 1 aromatic rings. The van der Waals surface area contributed by atoms with Crippen molar-refractivity contribution in [3.8, 4) is 11.5 Å². The second-order valence-corrected chi connectivity index (χ2v) is 3.22. The quantitative estimate of drug-likeness (QED) is 0.702. The van der Waals surface area contributed by atoms with Gasteiger partial charge < -0.3 is 14.7 Å². The summed E-state index contributed by atoms with van der Waals surface area (Å²) in [5.41, 5.74) is 3.22. The van der Waals surface area contributed by atoms with Crippen LogP contribution in [0, 0.1) is 0 Å². The Morgan fingerprint density at radius 2 is 2.43 bits per heavy atom. The second kappa shape index (κ2) is 3.86. The average molecular weight is 195 g/mol. The summed E-state index contributed by atoms with van der Waals surface area (Å²) in [6.45, 7) is 0.623. The van der Waals surface area contributed by atoms with Gasteiger partial charge in [-0.25, -0.2) is 0 Å². The fraction of sp³-hybridized carbons (Fsp3) is 0.400. The van der Waals surface area contributed by atoms with E-state index in [1.807, 2.05) is 18.2 Å². The van der Waals surface area contributed by atoms with Crippen molar-refractivity contribution in [3.63, 3.8) is 0 Å². The van der Waals surface area contributed by atoms with Crippen molar-refractivity contribution in [2.24, 2.45) is 0 Å². The number of hydroxylamine groups is 1. The summed E-state index contributed by atoms with van der Waals surface area (Å²) in [5.74, 6) is 1.58. The van der Waals surface area contributed by atoms with Gasteiger partial charge in [0.05, 0.1) is 19.8 Å². The van der Waals surface area contributed by atoms with Crippen molar-refractivity contribution in [3.05, 3.63) is 23.8 Å². The predicted octanol–water partition coefficient (Wildman–Crippen LogP) is 1.50. The van der Waals surface area contributed by atoms with Crippen molar-refractivity contribution in [2.75, 3.05) is 13.7 Å². The molecule has 0 saturated carbocycles. The van der Waals surface area contributed by atoms with Crippen molar-refractivity contribution in [2.45, 2.75) is 12.5 Å². The third-order valence-electron chi connectivity index (χ3n) is 2.41. The number of hydrogen-bond donors (Lipinski definition) is 2. The Kier molecular flexibility index (Phi) is 2.56. The lowest BCUT2D eigenvalue weighted by atomic mass is 10.0. The van der Waals surface area contributed by atoms with E-state index < -0.39 is 0 Å². The molecule has 4 nitrogen and oxygen atoms in total. The van der Waals surface area contributed by atoms with Gasteiger partial charge in [-0.1, -0.05) is 0 Å². The summed E-state index contributed by atoms with van der Waals surface area (Å²) in [4.78, 5) is 0. The average Bonchev–Trinajstić information content (AvgIpc) is 2.27. The summed E-state index contributed by atoms with van der Waals surface area (Å²) in [6.07, 6.45) is 0.761. The molecular weight excluding hydrogens is 182 g/mol. The lowest BCUT2D eigenvalue weighted by molar-refractivity contribution is 0.100. The van der Waals surface area contributed by atoms with E-state index >= 15 is 0 Å². The minimum Gasteiger partial charge on any atom is -0.497 e. The number of hydrogen-bond acceptors (Lipinski definition) is 4. The maximum atomic E-state index is 8.96. The van der Waals surface area contributed by atoms with Crippen molar-refractivity contribution < 1.29 is 14.7 Å². The van der Waals surface area contributed by atoms with Gasteiger partial charge in [-0.15, -0.1) is 0 Å². The number of benzene rings is 1. The van der Waals surface area contributed by atoms with Crippen LogP contribution in [0.2, 0.25) is 0 Å². The molecule has 2 N–H and O–H groups in total. The normalized spacial score (nSPS) is 19.7. The predicted molar refractivity (Wildman–Crippen MR) is 50.8 cm³/mol. The van der Waals surface area contributed by atoms with E-state index in [9.17, 15) is 0 Å². The van der Waals surface area contributed by atoms with Gasteiger partial charge in [-0.3, -0.25) is 0 Å². The highest BCUT2D eigenvalue weighted by molar-refractivity contribution is 5.43. The van der Waals surface area contributed by atoms with Gasteiger partial charge in [0.2, 0.25) is 0 Å². The monoisotopic (exact) mass is 195 g/mol. The van der Waals surface area contributed by atoms with Gasteiger partial charge in [-0.2, -0.15) is 5.48 Å². The molecule has 0 fully saturated rings. The van der Waals surface area contributed by atoms with Crippen LogP contribution in [-0.2, 0) is 0 Å². The summed E-state index contributed by atoms with van der Waals surface area (Å²) in [5, 5.41) is 8.96. The molecule has 14 heavy (non-hydrogen) atoms. The summed E-state index contributed by atoms with van der Waals surface area (Å²) in [7, 11) is 1.62. The van der Waals surface area contributed by atoms with Crippen LogP contribution in [0.25, 0.3) is 0 Å². The highest BCUT2D eigenvalue weighted by Crippen LogP contribution is 2.34. The van der Waals surface area contributed by atoms with Crippen LogP contribution >= 0.6 is 0 Å². The Labute approximate surface area is 82.4 Å². The molecule has 4 heteroatoms. The molecule has 76 valence electrons. The zero-order valence-electron chi connectivity index (χ0n) is 7.99. The fourth-order valence-corrected chi connectivity index (χ4v) is 1.63. The summed E-state index contributed by atoms with van der Waals surface area (Å²) in [6, 6.07) is 5.52. The van der Waals surface area contributed by atoms with Crippen molar-refractivity contribution in [1.82, 2.24) is 5.48 Å².